The van der Waals surface area contributed by atoms with E-state index in [-0.39, 0.29) is 18.0 Å². The summed E-state index contributed by atoms with van der Waals surface area (Å²) in [5.41, 5.74) is 3.54. The van der Waals surface area contributed by atoms with Gasteiger partial charge in [0.25, 0.3) is 5.91 Å². The molecule has 0 spiro atoms. The van der Waals surface area contributed by atoms with Crippen molar-refractivity contribution in [2.24, 2.45) is 5.10 Å². The van der Waals surface area contributed by atoms with Crippen LogP contribution >= 0.6 is 15.9 Å². The minimum absolute atomic E-state index is 0.0795. The van der Waals surface area contributed by atoms with Gasteiger partial charge in [0.15, 0.2) is 11.5 Å². The van der Waals surface area contributed by atoms with E-state index in [0.717, 1.165) is 5.56 Å². The summed E-state index contributed by atoms with van der Waals surface area (Å²) >= 11 is 3.31. The molecular weight excluding hydrogens is 416 g/mol. The molecule has 0 fully saturated rings. The van der Waals surface area contributed by atoms with Gasteiger partial charge in [-0.3, -0.25) is 4.79 Å². The fraction of sp³-hybridized carbons (Fsp3) is 0.118. The molecule has 0 radical (unpaired) electrons. The number of carbonyl (C=O) groups is 1. The quantitative estimate of drug-likeness (QED) is 0.456. The lowest BCUT2D eigenvalue weighted by Crippen LogP contribution is -2.24. The van der Waals surface area contributed by atoms with Crippen molar-refractivity contribution in [2.45, 2.75) is 6.54 Å². The average molecular weight is 431 g/mol. The van der Waals surface area contributed by atoms with Crippen LogP contribution in [0.15, 0.2) is 52.0 Å². The predicted molar refractivity (Wildman–Crippen MR) is 101 cm³/mol. The van der Waals surface area contributed by atoms with Gasteiger partial charge in [-0.15, -0.1) is 10.2 Å². The lowest BCUT2D eigenvalue weighted by Gasteiger charge is -2.06. The highest BCUT2D eigenvalue weighted by Gasteiger charge is 2.10. The third-order valence-electron chi connectivity index (χ3n) is 3.45. The number of halogens is 1. The van der Waals surface area contributed by atoms with Crippen LogP contribution in [0.2, 0.25) is 0 Å². The molecule has 27 heavy (non-hydrogen) atoms. The Bertz CT molecular complexity index is 974. The van der Waals surface area contributed by atoms with Gasteiger partial charge in [0.1, 0.15) is 6.54 Å². The zero-order chi connectivity index (χ0) is 19.2. The average Bonchev–Trinajstić information content (AvgIpc) is 3.13. The molecule has 9 nitrogen and oxygen atoms in total. The lowest BCUT2D eigenvalue weighted by molar-refractivity contribution is -0.122. The minimum atomic E-state index is -0.440. The molecular formula is C17H15BrN6O3. The fourth-order valence-corrected chi connectivity index (χ4v) is 2.65. The van der Waals surface area contributed by atoms with Gasteiger partial charge in [-0.05, 0) is 17.3 Å². The first-order valence-corrected chi connectivity index (χ1v) is 8.57. The number of nitrogens with one attached hydrogen (secondary N) is 1. The van der Waals surface area contributed by atoms with Gasteiger partial charge in [-0.25, -0.2) is 5.43 Å². The number of hydrogen-bond donors (Lipinski definition) is 2. The summed E-state index contributed by atoms with van der Waals surface area (Å²) in [7, 11) is 1.44. The summed E-state index contributed by atoms with van der Waals surface area (Å²) in [6, 6.07) is 12.6. The highest BCUT2D eigenvalue weighted by Crippen LogP contribution is 2.32. The molecule has 0 atom stereocenters. The number of aromatic nitrogens is 4. The number of ether oxygens (including phenoxy) is 1. The number of phenols is 1. The van der Waals surface area contributed by atoms with E-state index in [1.54, 1.807) is 12.1 Å². The Kier molecular flexibility index (Phi) is 5.77. The zero-order valence-corrected chi connectivity index (χ0v) is 15.8. The van der Waals surface area contributed by atoms with Crippen LogP contribution in [0.3, 0.4) is 0 Å². The van der Waals surface area contributed by atoms with E-state index in [2.05, 4.69) is 41.9 Å². The van der Waals surface area contributed by atoms with Gasteiger partial charge in [-0.2, -0.15) is 9.90 Å². The Hall–Kier alpha value is -3.27. The van der Waals surface area contributed by atoms with Crippen molar-refractivity contribution < 1.29 is 14.6 Å². The molecule has 10 heteroatoms. The van der Waals surface area contributed by atoms with E-state index in [4.69, 9.17) is 4.74 Å². The molecule has 0 aliphatic carbocycles. The van der Waals surface area contributed by atoms with Gasteiger partial charge >= 0.3 is 0 Å². The van der Waals surface area contributed by atoms with Crippen LogP contribution in [-0.2, 0) is 11.3 Å². The minimum Gasteiger partial charge on any atom is -0.504 e. The van der Waals surface area contributed by atoms with Gasteiger partial charge in [0, 0.05) is 15.6 Å². The molecule has 0 saturated heterocycles. The van der Waals surface area contributed by atoms with E-state index >= 15 is 0 Å². The number of benzene rings is 2. The number of phenolic OH excluding ortho intramolecular Hbond substituents is 1. The number of hydrazone groups is 1. The van der Waals surface area contributed by atoms with Gasteiger partial charge in [0.2, 0.25) is 5.82 Å². The van der Waals surface area contributed by atoms with Crippen LogP contribution in [0.4, 0.5) is 0 Å². The second kappa shape index (κ2) is 8.41. The largest absolute Gasteiger partial charge is 0.504 e. The summed E-state index contributed by atoms with van der Waals surface area (Å²) < 4.78 is 5.76. The first-order chi connectivity index (χ1) is 13.1. The van der Waals surface area contributed by atoms with Crippen molar-refractivity contribution in [1.29, 1.82) is 0 Å². The Morgan fingerprint density at radius 1 is 1.37 bits per heavy atom. The maximum atomic E-state index is 12.0. The van der Waals surface area contributed by atoms with E-state index < -0.39 is 5.91 Å². The number of amides is 1. The predicted octanol–water partition coefficient (Wildman–Crippen LogP) is 1.97. The molecule has 1 heterocycles. The molecule has 138 valence electrons. The molecule has 0 saturated carbocycles. The van der Waals surface area contributed by atoms with E-state index in [1.807, 2.05) is 30.3 Å². The van der Waals surface area contributed by atoms with Crippen LogP contribution in [-0.4, -0.2) is 44.5 Å². The SMILES string of the molecule is COc1cc(Br)cc(/C=N\NC(=O)Cn2nnc(-c3ccccc3)n2)c1O. The number of rotatable bonds is 6. The van der Waals surface area contributed by atoms with Gasteiger partial charge in [0.05, 0.1) is 13.3 Å². The Balaban J connectivity index is 1.61. The maximum absolute atomic E-state index is 12.0. The molecule has 3 aromatic rings. The molecule has 1 aromatic heterocycles. The first-order valence-electron chi connectivity index (χ1n) is 7.78. The van der Waals surface area contributed by atoms with Crippen molar-refractivity contribution in [3.05, 3.63) is 52.5 Å². The number of aromatic hydroxyl groups is 1. The number of methoxy groups -OCH3 is 1. The summed E-state index contributed by atoms with van der Waals surface area (Å²) in [5.74, 6) is 0.198. The molecule has 3 rings (SSSR count). The van der Waals surface area contributed by atoms with Crippen LogP contribution in [0, 0.1) is 0 Å². The summed E-state index contributed by atoms with van der Waals surface area (Å²) in [5, 5.41) is 25.8. The molecule has 1 amide bonds. The first kappa shape index (κ1) is 18.5. The second-order valence-corrected chi connectivity index (χ2v) is 6.26. The lowest BCUT2D eigenvalue weighted by atomic mass is 10.2. The molecule has 0 bridgehead atoms. The third-order valence-corrected chi connectivity index (χ3v) is 3.91. The molecule has 0 unspecified atom stereocenters. The van der Waals surface area contributed by atoms with Crippen molar-refractivity contribution in [2.75, 3.05) is 7.11 Å². The number of carbonyl (C=O) groups excluding carboxylic acids is 1. The Morgan fingerprint density at radius 3 is 2.89 bits per heavy atom. The van der Waals surface area contributed by atoms with Gasteiger partial charge < -0.3 is 9.84 Å². The highest BCUT2D eigenvalue weighted by molar-refractivity contribution is 9.10. The fourth-order valence-electron chi connectivity index (χ4n) is 2.20. The molecule has 0 aliphatic rings. The van der Waals surface area contributed by atoms with Crippen molar-refractivity contribution in [3.8, 4) is 22.9 Å². The number of nitrogens with zero attached hydrogens (tertiary/aromatic N) is 5. The van der Waals surface area contributed by atoms with E-state index in [0.29, 0.717) is 15.9 Å². The van der Waals surface area contributed by atoms with Crippen LogP contribution in [0.25, 0.3) is 11.4 Å². The Labute approximate surface area is 162 Å². The van der Waals surface area contributed by atoms with Crippen LogP contribution in [0.5, 0.6) is 11.5 Å². The zero-order valence-electron chi connectivity index (χ0n) is 14.2. The summed E-state index contributed by atoms with van der Waals surface area (Å²) in [6.45, 7) is -0.148. The van der Waals surface area contributed by atoms with Crippen molar-refractivity contribution in [1.82, 2.24) is 25.6 Å². The summed E-state index contributed by atoms with van der Waals surface area (Å²) in [6.07, 6.45) is 1.31. The van der Waals surface area contributed by atoms with E-state index in [1.165, 1.54) is 18.1 Å². The maximum Gasteiger partial charge on any atom is 0.263 e. The smallest absolute Gasteiger partial charge is 0.263 e. The number of tetrazole rings is 1. The number of hydrogen-bond acceptors (Lipinski definition) is 7. The van der Waals surface area contributed by atoms with Crippen LogP contribution in [0.1, 0.15) is 5.56 Å². The Morgan fingerprint density at radius 2 is 2.15 bits per heavy atom. The third kappa shape index (κ3) is 4.67. The molecule has 0 aliphatic heterocycles. The normalized spacial score (nSPS) is 10.9. The van der Waals surface area contributed by atoms with Gasteiger partial charge in [-0.1, -0.05) is 46.3 Å². The molecule has 2 N–H and O–H groups in total. The molecule has 2 aromatic carbocycles. The highest BCUT2D eigenvalue weighted by atomic mass is 79.9. The van der Waals surface area contributed by atoms with E-state index in [9.17, 15) is 9.90 Å². The van der Waals surface area contributed by atoms with Crippen molar-refractivity contribution in [3.63, 3.8) is 0 Å². The van der Waals surface area contributed by atoms with Crippen molar-refractivity contribution >= 4 is 28.1 Å². The summed E-state index contributed by atoms with van der Waals surface area (Å²) in [4.78, 5) is 13.1. The van der Waals surface area contributed by atoms with Crippen LogP contribution < -0.4 is 10.2 Å². The monoisotopic (exact) mass is 430 g/mol. The topological polar surface area (TPSA) is 115 Å². The standard InChI is InChI=1S/C17H15BrN6O3/c1-27-14-8-13(18)7-12(16(14)26)9-19-20-15(25)10-24-22-17(21-23-24)11-5-3-2-4-6-11/h2-9,26H,10H2,1H3,(H,20,25)/b19-9-. The second-order valence-electron chi connectivity index (χ2n) is 5.35.